The van der Waals surface area contributed by atoms with Gasteiger partial charge in [0.05, 0.1) is 80.6 Å². The van der Waals surface area contributed by atoms with Gasteiger partial charge in [0.2, 0.25) is 11.8 Å². The van der Waals surface area contributed by atoms with E-state index >= 15 is 8.78 Å². The monoisotopic (exact) mass is 785 g/mol. The van der Waals surface area contributed by atoms with Gasteiger partial charge in [0.1, 0.15) is 30.8 Å². The molecule has 0 saturated carbocycles. The number of allylic oxidation sites excluding steroid dienone is 1. The maximum atomic E-state index is 15.7. The number of fused-ring (bicyclic) bond motifs is 4. The van der Waals surface area contributed by atoms with Crippen LogP contribution in [0, 0.1) is 11.6 Å². The summed E-state index contributed by atoms with van der Waals surface area (Å²) >= 11 is 0. The number of pyridine rings is 2. The molecule has 14 nitrogen and oxygen atoms in total. The number of aromatic nitrogens is 3. The van der Waals surface area contributed by atoms with Crippen molar-refractivity contribution in [1.82, 2.24) is 24.8 Å². The Labute approximate surface area is 326 Å². The lowest BCUT2D eigenvalue weighted by Gasteiger charge is -2.29. The van der Waals surface area contributed by atoms with E-state index in [1.807, 2.05) is 0 Å². The van der Waals surface area contributed by atoms with E-state index in [0.29, 0.717) is 98.3 Å². The molecule has 3 amide bonds. The van der Waals surface area contributed by atoms with Gasteiger partial charge in [-0.25, -0.2) is 13.8 Å². The summed E-state index contributed by atoms with van der Waals surface area (Å²) in [5, 5.41) is 3.75. The zero-order chi connectivity index (χ0) is 39.9. The molecule has 0 bridgehead atoms. The average Bonchev–Trinajstić information content (AvgIpc) is 3.63. The molecule has 1 atom stereocenters. The standard InChI is InChI=1S/C41H41F2N5O9/c1-25-3-7-34(39(49)46-25)48-40(50)28-6-5-27(21-30(28)41(48)51)56-19-17-54-15-13-52-11-12-53-14-16-55-18-20-57-35-8-4-26(23-45-35)36-32(42)22-29-31-24-44-10-9-33(31)47(2)38(29)37(36)43/h4-6,8-10,21-24,34H,1,3,7,11-20H2,2H3,(H,46,49). The molecule has 7 rings (SSSR count). The van der Waals surface area contributed by atoms with Gasteiger partial charge in [-0.05, 0) is 49.2 Å². The maximum Gasteiger partial charge on any atom is 0.262 e. The van der Waals surface area contributed by atoms with Crippen LogP contribution in [0.15, 0.2) is 73.3 Å². The minimum atomic E-state index is -0.869. The topological polar surface area (TPSA) is 153 Å². The van der Waals surface area contributed by atoms with Gasteiger partial charge in [-0.1, -0.05) is 6.58 Å². The number of imide groups is 1. The molecule has 57 heavy (non-hydrogen) atoms. The predicted octanol–water partition coefficient (Wildman–Crippen LogP) is 4.98. The number of carbonyl (C=O) groups excluding carboxylic acids is 3. The van der Waals surface area contributed by atoms with Crippen LogP contribution in [0.25, 0.3) is 32.9 Å². The first kappa shape index (κ1) is 39.4. The Morgan fingerprint density at radius 1 is 0.789 bits per heavy atom. The Morgan fingerprint density at radius 2 is 1.46 bits per heavy atom. The molecule has 1 N–H and O–H groups in total. The van der Waals surface area contributed by atoms with Crippen LogP contribution in [0.2, 0.25) is 0 Å². The summed E-state index contributed by atoms with van der Waals surface area (Å²) in [6.45, 7) is 6.94. The molecule has 5 aromatic rings. The van der Waals surface area contributed by atoms with Gasteiger partial charge in [-0.2, -0.15) is 0 Å². The molecule has 1 fully saturated rings. The number of piperidine rings is 1. The highest BCUT2D eigenvalue weighted by molar-refractivity contribution is 6.23. The molecule has 0 spiro atoms. The SMILES string of the molecule is C=C1CCC(N2C(=O)c3ccc(OCCOCCOCCOCCOCCOc4ccc(-c5c(F)cc6c7cnccc7n(C)c6c5F)cn4)cc3C2=O)C(=O)N1. The van der Waals surface area contributed by atoms with Crippen LogP contribution in [0.5, 0.6) is 11.6 Å². The first-order chi connectivity index (χ1) is 27.7. The van der Waals surface area contributed by atoms with Crippen molar-refractivity contribution in [2.45, 2.75) is 18.9 Å². The molecule has 0 aliphatic carbocycles. The normalized spacial score (nSPS) is 15.5. The molecule has 5 heterocycles. The number of halogens is 2. The fraction of sp³-hybridized carbons (Fsp3) is 0.341. The summed E-state index contributed by atoms with van der Waals surface area (Å²) in [7, 11) is 1.73. The zero-order valence-electron chi connectivity index (χ0n) is 31.3. The quantitative estimate of drug-likeness (QED) is 0.0892. The van der Waals surface area contributed by atoms with Gasteiger partial charge < -0.3 is 38.3 Å². The van der Waals surface area contributed by atoms with Crippen molar-refractivity contribution in [2.75, 3.05) is 66.1 Å². The van der Waals surface area contributed by atoms with Crippen LogP contribution < -0.4 is 14.8 Å². The van der Waals surface area contributed by atoms with Gasteiger partial charge >= 0.3 is 0 Å². The number of ether oxygens (including phenoxy) is 6. The third-order valence-electron chi connectivity index (χ3n) is 9.62. The molecular weight excluding hydrogens is 744 g/mol. The third kappa shape index (κ3) is 8.63. The largest absolute Gasteiger partial charge is 0.491 e. The number of rotatable bonds is 19. The van der Waals surface area contributed by atoms with E-state index in [4.69, 9.17) is 28.4 Å². The highest BCUT2D eigenvalue weighted by Gasteiger charge is 2.44. The Balaban J connectivity index is 0.710. The highest BCUT2D eigenvalue weighted by atomic mass is 19.1. The van der Waals surface area contributed by atoms with Crippen molar-refractivity contribution in [3.63, 3.8) is 0 Å². The molecule has 2 aliphatic rings. The van der Waals surface area contributed by atoms with Crippen LogP contribution in [-0.4, -0.2) is 109 Å². The van der Waals surface area contributed by atoms with Crippen molar-refractivity contribution in [3.05, 3.63) is 96.1 Å². The molecule has 3 aromatic heterocycles. The van der Waals surface area contributed by atoms with Gasteiger partial charge in [0, 0.05) is 53.7 Å². The molecule has 0 radical (unpaired) electrons. The second kappa shape index (κ2) is 18.0. The number of nitrogens with one attached hydrogen (secondary N) is 1. The van der Waals surface area contributed by atoms with E-state index in [1.54, 1.807) is 48.3 Å². The molecule has 2 aliphatic heterocycles. The summed E-state index contributed by atoms with van der Waals surface area (Å²) in [5.74, 6) is -2.08. The predicted molar refractivity (Wildman–Crippen MR) is 203 cm³/mol. The number of aryl methyl sites for hydroxylation is 1. The molecule has 16 heteroatoms. The van der Waals surface area contributed by atoms with Crippen LogP contribution in [-0.2, 0) is 30.8 Å². The smallest absolute Gasteiger partial charge is 0.262 e. The van der Waals surface area contributed by atoms with E-state index in [1.165, 1.54) is 24.4 Å². The Hall–Kier alpha value is -5.81. The van der Waals surface area contributed by atoms with Crippen molar-refractivity contribution in [3.8, 4) is 22.8 Å². The van der Waals surface area contributed by atoms with E-state index < -0.39 is 35.4 Å². The average molecular weight is 786 g/mol. The Morgan fingerprint density at radius 3 is 2.12 bits per heavy atom. The van der Waals surface area contributed by atoms with Crippen molar-refractivity contribution in [1.29, 1.82) is 0 Å². The zero-order valence-corrected chi connectivity index (χ0v) is 31.3. The van der Waals surface area contributed by atoms with Crippen molar-refractivity contribution >= 4 is 39.5 Å². The van der Waals surface area contributed by atoms with Gasteiger partial charge in [0.25, 0.3) is 11.8 Å². The fourth-order valence-corrected chi connectivity index (χ4v) is 6.83. The number of hydrogen-bond donors (Lipinski definition) is 1. The fourth-order valence-electron chi connectivity index (χ4n) is 6.83. The summed E-state index contributed by atoms with van der Waals surface area (Å²) in [4.78, 5) is 47.6. The molecule has 298 valence electrons. The third-order valence-corrected chi connectivity index (χ3v) is 9.62. The summed E-state index contributed by atoms with van der Waals surface area (Å²) in [6, 6.07) is 10.0. The number of nitrogens with zero attached hydrogens (tertiary/aromatic N) is 4. The van der Waals surface area contributed by atoms with Crippen molar-refractivity contribution < 1.29 is 51.6 Å². The Kier molecular flexibility index (Phi) is 12.4. The number of hydrogen-bond acceptors (Lipinski definition) is 11. The van der Waals surface area contributed by atoms with E-state index in [-0.39, 0.29) is 36.5 Å². The van der Waals surface area contributed by atoms with Crippen LogP contribution in [0.1, 0.15) is 33.6 Å². The first-order valence-electron chi connectivity index (χ1n) is 18.5. The van der Waals surface area contributed by atoms with Crippen LogP contribution in [0.3, 0.4) is 0 Å². The summed E-state index contributed by atoms with van der Waals surface area (Å²) in [5.41, 5.74) is 2.19. The highest BCUT2D eigenvalue weighted by Crippen LogP contribution is 2.37. The van der Waals surface area contributed by atoms with Gasteiger partial charge in [-0.3, -0.25) is 24.3 Å². The van der Waals surface area contributed by atoms with E-state index in [9.17, 15) is 14.4 Å². The maximum absolute atomic E-state index is 15.7. The lowest BCUT2D eigenvalue weighted by atomic mass is 10.0. The molecular formula is C41H41F2N5O9. The minimum absolute atomic E-state index is 0.159. The van der Waals surface area contributed by atoms with Crippen LogP contribution >= 0.6 is 0 Å². The van der Waals surface area contributed by atoms with Crippen LogP contribution in [0.4, 0.5) is 8.78 Å². The summed E-state index contributed by atoms with van der Waals surface area (Å²) in [6.07, 6.45) is 5.42. The Bertz CT molecular complexity index is 2300. The van der Waals surface area contributed by atoms with Gasteiger partial charge in [-0.15, -0.1) is 0 Å². The van der Waals surface area contributed by atoms with E-state index in [0.717, 1.165) is 10.4 Å². The molecule has 1 unspecified atom stereocenters. The first-order valence-corrected chi connectivity index (χ1v) is 18.5. The number of benzene rings is 2. The summed E-state index contributed by atoms with van der Waals surface area (Å²) < 4.78 is 65.9. The minimum Gasteiger partial charge on any atom is -0.491 e. The number of amides is 3. The number of carbonyl (C=O) groups is 3. The van der Waals surface area contributed by atoms with E-state index in [2.05, 4.69) is 21.9 Å². The molecule has 2 aromatic carbocycles. The molecule has 1 saturated heterocycles. The second-order valence-corrected chi connectivity index (χ2v) is 13.3. The van der Waals surface area contributed by atoms with Crippen molar-refractivity contribution in [2.24, 2.45) is 7.05 Å². The lowest BCUT2D eigenvalue weighted by molar-refractivity contribution is -0.125. The second-order valence-electron chi connectivity index (χ2n) is 13.3. The lowest BCUT2D eigenvalue weighted by Crippen LogP contribution is -2.51. The van der Waals surface area contributed by atoms with Gasteiger partial charge in [0.15, 0.2) is 5.82 Å².